The Bertz CT molecular complexity index is 2460. The number of aryl methyl sites for hydroxylation is 1. The van der Waals surface area contributed by atoms with Gasteiger partial charge in [-0.1, -0.05) is 177 Å². The van der Waals surface area contributed by atoms with Gasteiger partial charge in [0.2, 0.25) is 0 Å². The van der Waals surface area contributed by atoms with E-state index in [0.717, 1.165) is 50.1 Å². The molecule has 56 heavy (non-hydrogen) atoms. The van der Waals surface area contributed by atoms with Crippen molar-refractivity contribution >= 4 is 39.4 Å². The fourth-order valence-corrected chi connectivity index (χ4v) is 7.92. The Morgan fingerprint density at radius 2 is 1.04 bits per heavy atom. The molecule has 7 aromatic rings. The minimum Gasteiger partial charge on any atom is -0.736 e. The second-order valence-electron chi connectivity index (χ2n) is 13.6. The normalized spacial score (nSPS) is 13.8. The zero-order valence-electron chi connectivity index (χ0n) is 31.4. The minimum atomic E-state index is -4.50. The predicted molar refractivity (Wildman–Crippen MR) is 222 cm³/mol. The van der Waals surface area contributed by atoms with Crippen LogP contribution in [0.2, 0.25) is 0 Å². The molecule has 0 saturated heterocycles. The van der Waals surface area contributed by atoms with E-state index in [0.29, 0.717) is 5.92 Å². The van der Waals surface area contributed by atoms with E-state index in [1.54, 1.807) is 12.1 Å². The molecule has 2 N–H and O–H groups in total. The van der Waals surface area contributed by atoms with E-state index < -0.39 is 29.9 Å². The van der Waals surface area contributed by atoms with E-state index >= 15 is 0 Å². The van der Waals surface area contributed by atoms with Crippen molar-refractivity contribution in [3.63, 3.8) is 0 Å². The van der Waals surface area contributed by atoms with Gasteiger partial charge >= 0.3 is 27.3 Å². The molecule has 11 heteroatoms. The first-order valence-electron chi connectivity index (χ1n) is 17.9. The van der Waals surface area contributed by atoms with Crippen LogP contribution in [0.15, 0.2) is 158 Å². The van der Waals surface area contributed by atoms with Gasteiger partial charge < -0.3 is 24.4 Å². The van der Waals surface area contributed by atoms with Crippen molar-refractivity contribution < 1.29 is 46.4 Å². The number of nitrogens with zero attached hydrogens (tertiary/aromatic N) is 1. The summed E-state index contributed by atoms with van der Waals surface area (Å²) in [5.74, 6) is 1.22. The van der Waals surface area contributed by atoms with Gasteiger partial charge in [-0.3, -0.25) is 0 Å². The van der Waals surface area contributed by atoms with E-state index in [4.69, 9.17) is 14.8 Å². The predicted octanol–water partition coefficient (Wildman–Crippen LogP) is 10.8. The maximum absolute atomic E-state index is 12.3. The summed E-state index contributed by atoms with van der Waals surface area (Å²) in [4.78, 5) is 12.3. The van der Waals surface area contributed by atoms with E-state index in [2.05, 4.69) is 49.8 Å². The van der Waals surface area contributed by atoms with Gasteiger partial charge in [-0.05, 0) is 57.6 Å². The summed E-state index contributed by atoms with van der Waals surface area (Å²) >= 11 is 0. The smallest absolute Gasteiger partial charge is 0.736 e. The SMILES string of the molecule is CS(=O)(=O)[N-]C(c1ccccc1)C(N)c1ccccc1.Cc1ccc(C(C)C)cc1.O=P1([O-])Oc2ccc3ccccc3c2-c2c(ccc3ccccc23)O1.[Ru+3]. The van der Waals surface area contributed by atoms with Crippen LogP contribution in [-0.2, 0) is 34.1 Å². The Labute approximate surface area is 342 Å². The summed E-state index contributed by atoms with van der Waals surface area (Å²) in [5, 5.41) is 3.85. The van der Waals surface area contributed by atoms with Gasteiger partial charge in [-0.2, -0.15) is 0 Å². The third-order valence-electron chi connectivity index (χ3n) is 9.17. The Hall–Kier alpha value is -4.66. The van der Waals surface area contributed by atoms with Crippen LogP contribution in [0.25, 0.3) is 37.4 Å². The number of fused-ring (bicyclic) bond motifs is 7. The van der Waals surface area contributed by atoms with Gasteiger partial charge in [0, 0.05) is 23.4 Å². The molecule has 1 radical (unpaired) electrons. The van der Waals surface area contributed by atoms with Crippen LogP contribution < -0.4 is 19.7 Å². The van der Waals surface area contributed by atoms with Crippen molar-refractivity contribution in [2.45, 2.75) is 38.8 Å². The number of phosphoric acid groups is 1. The van der Waals surface area contributed by atoms with Gasteiger partial charge in [0.25, 0.3) is 0 Å². The number of sulfonamides is 1. The Morgan fingerprint density at radius 1 is 0.607 bits per heavy atom. The first-order chi connectivity index (χ1) is 26.3. The van der Waals surface area contributed by atoms with Gasteiger partial charge in [0.05, 0.1) is 10.0 Å². The molecule has 1 heterocycles. The van der Waals surface area contributed by atoms with E-state index in [1.807, 2.05) is 121 Å². The number of rotatable bonds is 6. The van der Waals surface area contributed by atoms with Crippen LogP contribution >= 0.6 is 7.82 Å². The molecular formula is C45H43N2O6PRuS+. The molecule has 1 aliphatic rings. The molecule has 0 bridgehead atoms. The summed E-state index contributed by atoms with van der Waals surface area (Å²) in [5.41, 5.74) is 12.1. The molecule has 1 aliphatic heterocycles. The molecule has 0 spiro atoms. The van der Waals surface area contributed by atoms with E-state index in [1.165, 1.54) is 11.1 Å². The zero-order chi connectivity index (χ0) is 39.2. The summed E-state index contributed by atoms with van der Waals surface area (Å²) in [6, 6.07) is 48.9. The molecule has 0 amide bonds. The summed E-state index contributed by atoms with van der Waals surface area (Å²) in [6.45, 7) is 6.54. The van der Waals surface area contributed by atoms with Gasteiger partial charge in [0.1, 0.15) is 11.5 Å². The first-order valence-corrected chi connectivity index (χ1v) is 21.2. The van der Waals surface area contributed by atoms with Gasteiger partial charge in [0.15, 0.2) is 0 Å². The van der Waals surface area contributed by atoms with Crippen molar-refractivity contribution in [1.82, 2.24) is 0 Å². The van der Waals surface area contributed by atoms with Crippen LogP contribution in [-0.4, -0.2) is 14.7 Å². The fourth-order valence-electron chi connectivity index (χ4n) is 6.43. The third-order valence-corrected chi connectivity index (χ3v) is 10.6. The van der Waals surface area contributed by atoms with Crippen LogP contribution in [0.3, 0.4) is 0 Å². The summed E-state index contributed by atoms with van der Waals surface area (Å²) in [6.07, 6.45) is 1.08. The van der Waals surface area contributed by atoms with Gasteiger partial charge in [-0.15, -0.1) is 0 Å². The molecule has 0 saturated carbocycles. The third kappa shape index (κ3) is 10.6. The van der Waals surface area contributed by atoms with Crippen molar-refractivity contribution in [1.29, 1.82) is 0 Å². The molecular weight excluding hydrogens is 829 g/mol. The summed E-state index contributed by atoms with van der Waals surface area (Å²) in [7, 11) is -7.98. The number of nitrogens with two attached hydrogens (primary N) is 1. The molecule has 7 aromatic carbocycles. The molecule has 287 valence electrons. The zero-order valence-corrected chi connectivity index (χ0v) is 34.9. The Morgan fingerprint density at radius 3 is 1.48 bits per heavy atom. The first kappa shape index (κ1) is 42.5. The van der Waals surface area contributed by atoms with Crippen LogP contribution in [0, 0.1) is 6.92 Å². The quantitative estimate of drug-likeness (QED) is 0.130. The molecule has 0 fully saturated rings. The van der Waals surface area contributed by atoms with E-state index in [9.17, 15) is 17.9 Å². The maximum atomic E-state index is 12.3. The number of benzene rings is 7. The molecule has 2 atom stereocenters. The average molecular weight is 872 g/mol. The van der Waals surface area contributed by atoms with Crippen LogP contribution in [0.4, 0.5) is 0 Å². The van der Waals surface area contributed by atoms with E-state index in [-0.39, 0.29) is 31.0 Å². The van der Waals surface area contributed by atoms with Crippen LogP contribution in [0.1, 0.15) is 54.1 Å². The number of hydrogen-bond acceptors (Lipinski definition) is 7. The topological polar surface area (TPSA) is 133 Å². The van der Waals surface area contributed by atoms with Crippen molar-refractivity contribution in [2.75, 3.05) is 6.26 Å². The largest absolute Gasteiger partial charge is 3.00 e. The van der Waals surface area contributed by atoms with Crippen molar-refractivity contribution in [2.24, 2.45) is 5.73 Å². The second-order valence-corrected chi connectivity index (χ2v) is 16.6. The minimum absolute atomic E-state index is 0. The molecule has 8 rings (SSSR count). The molecule has 0 aromatic heterocycles. The van der Waals surface area contributed by atoms with Gasteiger partial charge in [-0.25, -0.2) is 13.0 Å². The fraction of sp³-hybridized carbons (Fsp3) is 0.156. The maximum Gasteiger partial charge on any atom is 3.00 e. The summed E-state index contributed by atoms with van der Waals surface area (Å²) < 4.78 is 49.7. The standard InChI is InChI=1S/C20H13O4P.C15H17N2O2S.C10H14.Ru/c21-25(22)23-17-11-9-13-5-1-3-7-15(13)19(17)20-16-8-4-2-6-14(16)10-12-18(20)24-25;1-20(18,19)17-15(13-10-6-3-7-11-13)14(16)12-8-4-2-5-9-12;1-8(2)10-6-4-9(3)5-7-10;/h1-12H,(H,21,22);2-11,14-15H,16H2,1H3;4-8H,1-3H3;/q;-1;;+3/p-1. The van der Waals surface area contributed by atoms with Crippen molar-refractivity contribution in [3.05, 3.63) is 185 Å². The number of hydrogen-bond donors (Lipinski definition) is 1. The molecule has 2 unspecified atom stereocenters. The number of phosphoric ester groups is 1. The second kappa shape index (κ2) is 18.5. The molecule has 8 nitrogen and oxygen atoms in total. The van der Waals surface area contributed by atoms with Crippen LogP contribution in [0.5, 0.6) is 11.5 Å². The monoisotopic (exact) mass is 872 g/mol. The average Bonchev–Trinajstić information content (AvgIpc) is 3.30. The van der Waals surface area contributed by atoms with Crippen molar-refractivity contribution in [3.8, 4) is 22.6 Å². The Kier molecular flexibility index (Phi) is 14.1. The Balaban J connectivity index is 0.000000174. The molecule has 0 aliphatic carbocycles.